The van der Waals surface area contributed by atoms with E-state index in [2.05, 4.69) is 31.1 Å². The van der Waals surface area contributed by atoms with Gasteiger partial charge in [0.2, 0.25) is 0 Å². The summed E-state index contributed by atoms with van der Waals surface area (Å²) in [4.78, 5) is 8.64. The van der Waals surface area contributed by atoms with E-state index in [0.717, 1.165) is 30.8 Å². The van der Waals surface area contributed by atoms with Crippen LogP contribution in [-0.2, 0) is 13.0 Å². The van der Waals surface area contributed by atoms with Crippen LogP contribution >= 0.6 is 11.3 Å². The molecule has 19 heavy (non-hydrogen) atoms. The Morgan fingerprint density at radius 2 is 2.16 bits per heavy atom. The summed E-state index contributed by atoms with van der Waals surface area (Å²) < 4.78 is 0. The van der Waals surface area contributed by atoms with Crippen LogP contribution < -0.4 is 10.2 Å². The molecule has 106 valence electrons. The molecule has 0 aromatic carbocycles. The molecule has 3 rings (SSSR count). The average Bonchev–Trinajstić information content (AvgIpc) is 3.29. The van der Waals surface area contributed by atoms with Crippen molar-refractivity contribution in [2.24, 2.45) is 11.8 Å². The Morgan fingerprint density at radius 3 is 2.74 bits per heavy atom. The SMILES string of the molecule is CCc1nc(N(C)CC2CC2C)sc1CNC1CC1. The van der Waals surface area contributed by atoms with E-state index < -0.39 is 0 Å². The smallest absolute Gasteiger partial charge is 0.185 e. The van der Waals surface area contributed by atoms with Crippen molar-refractivity contribution in [2.45, 2.75) is 52.1 Å². The number of anilines is 1. The van der Waals surface area contributed by atoms with Crippen molar-refractivity contribution >= 4 is 16.5 Å². The Kier molecular flexibility index (Phi) is 3.81. The van der Waals surface area contributed by atoms with E-state index in [1.165, 1.54) is 41.5 Å². The Bertz CT molecular complexity index is 439. The normalized spacial score (nSPS) is 25.6. The number of aryl methyl sites for hydroxylation is 1. The molecular weight excluding hydrogens is 254 g/mol. The van der Waals surface area contributed by atoms with E-state index in [1.54, 1.807) is 0 Å². The largest absolute Gasteiger partial charge is 0.351 e. The maximum atomic E-state index is 4.84. The minimum atomic E-state index is 0.778. The number of nitrogens with zero attached hydrogens (tertiary/aromatic N) is 2. The third kappa shape index (κ3) is 3.29. The van der Waals surface area contributed by atoms with Gasteiger partial charge in [0.15, 0.2) is 5.13 Å². The van der Waals surface area contributed by atoms with Crippen LogP contribution in [0.5, 0.6) is 0 Å². The molecule has 1 N–H and O–H groups in total. The summed E-state index contributed by atoms with van der Waals surface area (Å²) in [6, 6.07) is 0.778. The third-order valence-electron chi connectivity index (χ3n) is 4.34. The van der Waals surface area contributed by atoms with Gasteiger partial charge in [0.1, 0.15) is 0 Å². The second kappa shape index (κ2) is 5.41. The lowest BCUT2D eigenvalue weighted by Gasteiger charge is -2.15. The number of hydrogen-bond acceptors (Lipinski definition) is 4. The predicted molar refractivity (Wildman–Crippen MR) is 81.9 cm³/mol. The van der Waals surface area contributed by atoms with Crippen molar-refractivity contribution in [1.29, 1.82) is 0 Å². The monoisotopic (exact) mass is 279 g/mol. The summed E-state index contributed by atoms with van der Waals surface area (Å²) in [6.45, 7) is 6.75. The summed E-state index contributed by atoms with van der Waals surface area (Å²) in [5.41, 5.74) is 1.30. The van der Waals surface area contributed by atoms with Crippen LogP contribution in [0.1, 0.15) is 43.7 Å². The molecule has 2 atom stereocenters. The van der Waals surface area contributed by atoms with Gasteiger partial charge in [-0.1, -0.05) is 13.8 Å². The first-order valence-corrected chi connectivity index (χ1v) is 8.42. The molecule has 1 heterocycles. The number of thiazole rings is 1. The molecule has 2 unspecified atom stereocenters. The van der Waals surface area contributed by atoms with Gasteiger partial charge < -0.3 is 10.2 Å². The Labute approximate surface area is 120 Å². The maximum Gasteiger partial charge on any atom is 0.185 e. The lowest BCUT2D eigenvalue weighted by molar-refractivity contribution is 0.689. The van der Waals surface area contributed by atoms with Crippen molar-refractivity contribution in [3.63, 3.8) is 0 Å². The fraction of sp³-hybridized carbons (Fsp3) is 0.800. The van der Waals surface area contributed by atoms with Gasteiger partial charge in [0.05, 0.1) is 5.69 Å². The van der Waals surface area contributed by atoms with Crippen LogP contribution in [0.2, 0.25) is 0 Å². The Balaban J connectivity index is 1.62. The lowest BCUT2D eigenvalue weighted by Crippen LogP contribution is -2.20. The predicted octanol–water partition coefficient (Wildman–Crippen LogP) is 3.05. The molecule has 2 fully saturated rings. The van der Waals surface area contributed by atoms with Crippen LogP contribution in [-0.4, -0.2) is 24.6 Å². The van der Waals surface area contributed by atoms with E-state index in [1.807, 2.05) is 11.3 Å². The Morgan fingerprint density at radius 1 is 1.42 bits per heavy atom. The van der Waals surface area contributed by atoms with Gasteiger partial charge in [0, 0.05) is 31.1 Å². The quantitative estimate of drug-likeness (QED) is 0.831. The van der Waals surface area contributed by atoms with Crippen LogP contribution in [0.3, 0.4) is 0 Å². The number of rotatable bonds is 7. The fourth-order valence-electron chi connectivity index (χ4n) is 2.56. The van der Waals surface area contributed by atoms with Gasteiger partial charge in [0.25, 0.3) is 0 Å². The lowest BCUT2D eigenvalue weighted by atomic mass is 10.3. The summed E-state index contributed by atoms with van der Waals surface area (Å²) in [5.74, 6) is 1.82. The highest BCUT2D eigenvalue weighted by atomic mass is 32.1. The minimum Gasteiger partial charge on any atom is -0.351 e. The summed E-state index contributed by atoms with van der Waals surface area (Å²) in [5, 5.41) is 4.82. The molecule has 0 aliphatic heterocycles. The van der Waals surface area contributed by atoms with Crippen LogP contribution in [0, 0.1) is 11.8 Å². The molecule has 3 nitrogen and oxygen atoms in total. The fourth-order valence-corrected chi connectivity index (χ4v) is 3.63. The van der Waals surface area contributed by atoms with Crippen molar-refractivity contribution in [2.75, 3.05) is 18.5 Å². The molecular formula is C15H25N3S. The zero-order valence-corrected chi connectivity index (χ0v) is 13.1. The van der Waals surface area contributed by atoms with E-state index in [-0.39, 0.29) is 0 Å². The molecule has 1 aromatic rings. The average molecular weight is 279 g/mol. The summed E-state index contributed by atoms with van der Waals surface area (Å²) >= 11 is 1.89. The maximum absolute atomic E-state index is 4.84. The summed E-state index contributed by atoms with van der Waals surface area (Å²) in [7, 11) is 2.20. The molecule has 1 aromatic heterocycles. The standard InChI is InChI=1S/C15H25N3S/c1-4-13-14(8-16-12-5-6-12)19-15(17-13)18(3)9-11-7-10(11)2/h10-12,16H,4-9H2,1-3H3. The first-order valence-electron chi connectivity index (χ1n) is 7.60. The van der Waals surface area contributed by atoms with E-state index in [0.29, 0.717) is 0 Å². The van der Waals surface area contributed by atoms with E-state index in [4.69, 9.17) is 4.98 Å². The molecule has 0 radical (unpaired) electrons. The second-order valence-electron chi connectivity index (χ2n) is 6.23. The molecule has 0 bridgehead atoms. The zero-order valence-electron chi connectivity index (χ0n) is 12.3. The molecule has 2 saturated carbocycles. The number of nitrogens with one attached hydrogen (secondary N) is 1. The second-order valence-corrected chi connectivity index (χ2v) is 7.29. The van der Waals surface area contributed by atoms with Gasteiger partial charge in [-0.05, 0) is 37.5 Å². The van der Waals surface area contributed by atoms with Crippen molar-refractivity contribution in [3.8, 4) is 0 Å². The van der Waals surface area contributed by atoms with Crippen molar-refractivity contribution < 1.29 is 0 Å². The Hall–Kier alpha value is -0.610. The van der Waals surface area contributed by atoms with Gasteiger partial charge >= 0.3 is 0 Å². The van der Waals surface area contributed by atoms with Crippen LogP contribution in [0.15, 0.2) is 0 Å². The minimum absolute atomic E-state index is 0.778. The zero-order chi connectivity index (χ0) is 13.4. The number of hydrogen-bond donors (Lipinski definition) is 1. The number of aromatic nitrogens is 1. The van der Waals surface area contributed by atoms with Crippen molar-refractivity contribution in [1.82, 2.24) is 10.3 Å². The first-order chi connectivity index (χ1) is 9.17. The molecule has 4 heteroatoms. The molecule has 0 amide bonds. The highest BCUT2D eigenvalue weighted by Gasteiger charge is 2.33. The molecule has 2 aliphatic rings. The van der Waals surface area contributed by atoms with Gasteiger partial charge in [-0.3, -0.25) is 0 Å². The molecule has 0 saturated heterocycles. The topological polar surface area (TPSA) is 28.2 Å². The van der Waals surface area contributed by atoms with E-state index in [9.17, 15) is 0 Å². The molecule has 2 aliphatic carbocycles. The van der Waals surface area contributed by atoms with Gasteiger partial charge in [-0.25, -0.2) is 4.98 Å². The van der Waals surface area contributed by atoms with E-state index >= 15 is 0 Å². The first kappa shape index (κ1) is 13.4. The highest BCUT2D eigenvalue weighted by Crippen LogP contribution is 2.39. The van der Waals surface area contributed by atoms with Crippen molar-refractivity contribution in [3.05, 3.63) is 10.6 Å². The van der Waals surface area contributed by atoms with Crippen LogP contribution in [0.25, 0.3) is 0 Å². The van der Waals surface area contributed by atoms with Gasteiger partial charge in [-0.2, -0.15) is 0 Å². The molecule has 0 spiro atoms. The summed E-state index contributed by atoms with van der Waals surface area (Å²) in [6.07, 6.45) is 5.15. The van der Waals surface area contributed by atoms with Gasteiger partial charge in [-0.15, -0.1) is 11.3 Å². The highest BCUT2D eigenvalue weighted by molar-refractivity contribution is 7.15. The van der Waals surface area contributed by atoms with Crippen LogP contribution in [0.4, 0.5) is 5.13 Å². The third-order valence-corrected chi connectivity index (χ3v) is 5.55.